The van der Waals surface area contributed by atoms with Gasteiger partial charge in [0.1, 0.15) is 11.6 Å². The van der Waals surface area contributed by atoms with E-state index in [1.807, 2.05) is 0 Å². The SMILES string of the molecule is CCOC(=O)c1cc(Nc2cccc(F)c2)c(F)cc1N. The molecule has 0 heterocycles. The van der Waals surface area contributed by atoms with Gasteiger partial charge in [0, 0.05) is 11.4 Å². The lowest BCUT2D eigenvalue weighted by atomic mass is 10.1. The average molecular weight is 292 g/mol. The van der Waals surface area contributed by atoms with Crippen LogP contribution in [0.3, 0.4) is 0 Å². The first-order valence-corrected chi connectivity index (χ1v) is 6.30. The minimum atomic E-state index is -0.648. The highest BCUT2D eigenvalue weighted by Gasteiger charge is 2.15. The number of halogens is 2. The number of ether oxygens (including phenoxy) is 1. The fourth-order valence-corrected chi connectivity index (χ4v) is 1.79. The smallest absolute Gasteiger partial charge is 0.340 e. The summed E-state index contributed by atoms with van der Waals surface area (Å²) >= 11 is 0. The van der Waals surface area contributed by atoms with Crippen LogP contribution < -0.4 is 11.1 Å². The Labute approximate surface area is 120 Å². The third kappa shape index (κ3) is 3.47. The number of esters is 1. The lowest BCUT2D eigenvalue weighted by Gasteiger charge is -2.11. The van der Waals surface area contributed by atoms with E-state index in [1.54, 1.807) is 13.0 Å². The molecule has 0 aliphatic rings. The number of nitrogens with one attached hydrogen (secondary N) is 1. The van der Waals surface area contributed by atoms with Crippen molar-refractivity contribution in [2.24, 2.45) is 0 Å². The van der Waals surface area contributed by atoms with Gasteiger partial charge in [0.05, 0.1) is 17.9 Å². The van der Waals surface area contributed by atoms with Crippen LogP contribution in [0.25, 0.3) is 0 Å². The molecule has 4 nitrogen and oxygen atoms in total. The van der Waals surface area contributed by atoms with Crippen molar-refractivity contribution in [1.29, 1.82) is 0 Å². The van der Waals surface area contributed by atoms with E-state index in [0.717, 1.165) is 6.07 Å². The van der Waals surface area contributed by atoms with Crippen molar-refractivity contribution >= 4 is 23.0 Å². The molecule has 0 spiro atoms. The second-order valence-corrected chi connectivity index (χ2v) is 4.28. The number of nitrogens with two attached hydrogens (primary N) is 1. The maximum absolute atomic E-state index is 13.9. The van der Waals surface area contributed by atoms with Crippen LogP contribution in [-0.2, 0) is 4.74 Å². The molecule has 0 unspecified atom stereocenters. The highest BCUT2D eigenvalue weighted by atomic mass is 19.1. The largest absolute Gasteiger partial charge is 0.462 e. The molecule has 21 heavy (non-hydrogen) atoms. The Morgan fingerprint density at radius 1 is 1.29 bits per heavy atom. The Morgan fingerprint density at radius 3 is 2.71 bits per heavy atom. The second kappa shape index (κ2) is 6.21. The van der Waals surface area contributed by atoms with Gasteiger partial charge in [-0.1, -0.05) is 6.07 Å². The molecule has 0 atom stereocenters. The molecule has 6 heteroatoms. The van der Waals surface area contributed by atoms with E-state index in [0.29, 0.717) is 5.69 Å². The predicted molar refractivity (Wildman–Crippen MR) is 76.5 cm³/mol. The first-order chi connectivity index (χ1) is 10.0. The predicted octanol–water partition coefficient (Wildman–Crippen LogP) is 3.47. The van der Waals surface area contributed by atoms with E-state index in [9.17, 15) is 13.6 Å². The fraction of sp³-hybridized carbons (Fsp3) is 0.133. The zero-order valence-electron chi connectivity index (χ0n) is 11.3. The van der Waals surface area contributed by atoms with Gasteiger partial charge in [0.2, 0.25) is 0 Å². The van der Waals surface area contributed by atoms with Crippen molar-refractivity contribution in [3.8, 4) is 0 Å². The minimum Gasteiger partial charge on any atom is -0.462 e. The summed E-state index contributed by atoms with van der Waals surface area (Å²) in [4.78, 5) is 11.7. The van der Waals surface area contributed by atoms with Gasteiger partial charge >= 0.3 is 5.97 Å². The van der Waals surface area contributed by atoms with Crippen molar-refractivity contribution in [3.05, 3.63) is 53.6 Å². The van der Waals surface area contributed by atoms with Gasteiger partial charge in [0.15, 0.2) is 0 Å². The molecule has 0 aromatic heterocycles. The fourth-order valence-electron chi connectivity index (χ4n) is 1.79. The number of rotatable bonds is 4. The zero-order chi connectivity index (χ0) is 15.4. The van der Waals surface area contributed by atoms with Crippen LogP contribution in [0.4, 0.5) is 25.8 Å². The van der Waals surface area contributed by atoms with Crippen molar-refractivity contribution < 1.29 is 18.3 Å². The van der Waals surface area contributed by atoms with Crippen LogP contribution >= 0.6 is 0 Å². The summed E-state index contributed by atoms with van der Waals surface area (Å²) in [6.07, 6.45) is 0. The third-order valence-electron chi connectivity index (χ3n) is 2.74. The van der Waals surface area contributed by atoms with Gasteiger partial charge in [-0.25, -0.2) is 13.6 Å². The summed E-state index contributed by atoms with van der Waals surface area (Å²) < 4.78 is 31.8. The summed E-state index contributed by atoms with van der Waals surface area (Å²) in [7, 11) is 0. The molecule has 0 saturated heterocycles. The lowest BCUT2D eigenvalue weighted by molar-refractivity contribution is 0.0527. The standard InChI is InChI=1S/C15H14F2N2O2/c1-2-21-15(20)11-7-14(12(17)8-13(11)18)19-10-5-3-4-9(16)6-10/h3-8,19H,2,18H2,1H3. The number of carbonyl (C=O) groups is 1. The van der Waals surface area contributed by atoms with E-state index >= 15 is 0 Å². The van der Waals surface area contributed by atoms with Gasteiger partial charge in [0.25, 0.3) is 0 Å². The summed E-state index contributed by atoms with van der Waals surface area (Å²) in [6.45, 7) is 1.84. The van der Waals surface area contributed by atoms with Gasteiger partial charge in [-0.05, 0) is 37.3 Å². The van der Waals surface area contributed by atoms with Crippen LogP contribution in [0.15, 0.2) is 36.4 Å². The van der Waals surface area contributed by atoms with Crippen molar-refractivity contribution in [3.63, 3.8) is 0 Å². The maximum atomic E-state index is 13.9. The van der Waals surface area contributed by atoms with E-state index in [-0.39, 0.29) is 23.5 Å². The molecule has 0 aliphatic carbocycles. The molecule has 0 radical (unpaired) electrons. The summed E-state index contributed by atoms with van der Waals surface area (Å²) in [5.74, 6) is -1.75. The van der Waals surface area contributed by atoms with Crippen molar-refractivity contribution in [1.82, 2.24) is 0 Å². The van der Waals surface area contributed by atoms with E-state index in [4.69, 9.17) is 10.5 Å². The summed E-state index contributed by atoms with van der Waals surface area (Å²) in [5.41, 5.74) is 6.01. The van der Waals surface area contributed by atoms with Crippen LogP contribution in [0.5, 0.6) is 0 Å². The van der Waals surface area contributed by atoms with Crippen molar-refractivity contribution in [2.45, 2.75) is 6.92 Å². The minimum absolute atomic E-state index is 0.0119. The lowest BCUT2D eigenvalue weighted by Crippen LogP contribution is -2.09. The Kier molecular flexibility index (Phi) is 4.37. The van der Waals surface area contributed by atoms with Gasteiger partial charge in [-0.2, -0.15) is 0 Å². The van der Waals surface area contributed by atoms with Crippen LogP contribution in [0, 0.1) is 11.6 Å². The number of carbonyl (C=O) groups excluding carboxylic acids is 1. The molecule has 0 bridgehead atoms. The molecule has 110 valence electrons. The molecule has 0 fully saturated rings. The quantitative estimate of drug-likeness (QED) is 0.669. The third-order valence-corrected chi connectivity index (χ3v) is 2.74. The molecule has 2 aromatic carbocycles. The molecule has 2 rings (SSSR count). The highest BCUT2D eigenvalue weighted by Crippen LogP contribution is 2.26. The molecule has 0 amide bonds. The molecule has 0 saturated carbocycles. The Bertz CT molecular complexity index is 675. The summed E-state index contributed by atoms with van der Waals surface area (Å²) in [5, 5.41) is 2.70. The number of hydrogen-bond donors (Lipinski definition) is 2. The zero-order valence-corrected chi connectivity index (χ0v) is 11.3. The average Bonchev–Trinajstić information content (AvgIpc) is 2.42. The Hall–Kier alpha value is -2.63. The van der Waals surface area contributed by atoms with E-state index in [2.05, 4.69) is 5.32 Å². The van der Waals surface area contributed by atoms with Gasteiger partial charge in [-0.15, -0.1) is 0 Å². The van der Waals surface area contributed by atoms with Gasteiger partial charge < -0.3 is 15.8 Å². The van der Waals surface area contributed by atoms with E-state index in [1.165, 1.54) is 24.3 Å². The highest BCUT2D eigenvalue weighted by molar-refractivity contribution is 5.96. The summed E-state index contributed by atoms with van der Waals surface area (Å²) in [6, 6.07) is 7.80. The molecular weight excluding hydrogens is 278 g/mol. The normalized spacial score (nSPS) is 10.2. The topological polar surface area (TPSA) is 64.3 Å². The number of nitrogen functional groups attached to an aromatic ring is 1. The number of hydrogen-bond acceptors (Lipinski definition) is 4. The molecule has 3 N–H and O–H groups in total. The monoisotopic (exact) mass is 292 g/mol. The Morgan fingerprint density at radius 2 is 2.05 bits per heavy atom. The molecule has 2 aromatic rings. The van der Waals surface area contributed by atoms with Crippen LogP contribution in [0.2, 0.25) is 0 Å². The maximum Gasteiger partial charge on any atom is 0.340 e. The first kappa shape index (κ1) is 14.8. The van der Waals surface area contributed by atoms with Crippen LogP contribution in [-0.4, -0.2) is 12.6 Å². The molecule has 0 aliphatic heterocycles. The number of anilines is 3. The van der Waals surface area contributed by atoms with Gasteiger partial charge in [-0.3, -0.25) is 0 Å². The number of benzene rings is 2. The van der Waals surface area contributed by atoms with E-state index < -0.39 is 17.6 Å². The molecular formula is C15H14F2N2O2. The Balaban J connectivity index is 2.35. The van der Waals surface area contributed by atoms with Crippen LogP contribution in [0.1, 0.15) is 17.3 Å². The second-order valence-electron chi connectivity index (χ2n) is 4.28. The van der Waals surface area contributed by atoms with Crippen molar-refractivity contribution in [2.75, 3.05) is 17.7 Å². The first-order valence-electron chi connectivity index (χ1n) is 6.30.